The molecule has 1 unspecified atom stereocenters. The minimum atomic E-state index is -0.168. The van der Waals surface area contributed by atoms with Gasteiger partial charge in [-0.25, -0.2) is 0 Å². The summed E-state index contributed by atoms with van der Waals surface area (Å²) < 4.78 is 0. The first-order chi connectivity index (χ1) is 11.0. The number of aromatic amines is 1. The number of benzene rings is 1. The highest BCUT2D eigenvalue weighted by Crippen LogP contribution is 2.24. The van der Waals surface area contributed by atoms with Crippen LogP contribution in [0, 0.1) is 5.92 Å². The van der Waals surface area contributed by atoms with E-state index in [1.54, 1.807) is 11.9 Å². The van der Waals surface area contributed by atoms with Gasteiger partial charge in [0.05, 0.1) is 6.04 Å². The van der Waals surface area contributed by atoms with E-state index in [9.17, 15) is 9.90 Å². The molecule has 1 atom stereocenters. The SMILES string of the molecule is CC(C)Cc1cc(C(=O)N(C)C(CCO)c2ccccc2)n[nH]1. The fraction of sp³-hybridized carbons (Fsp3) is 0.444. The molecule has 2 aromatic rings. The minimum Gasteiger partial charge on any atom is -0.396 e. The molecule has 2 N–H and O–H groups in total. The average Bonchev–Trinajstić information content (AvgIpc) is 2.99. The van der Waals surface area contributed by atoms with Crippen molar-refractivity contribution in [1.82, 2.24) is 15.1 Å². The summed E-state index contributed by atoms with van der Waals surface area (Å²) in [6.45, 7) is 4.28. The lowest BCUT2D eigenvalue weighted by Gasteiger charge is -2.27. The van der Waals surface area contributed by atoms with Crippen LogP contribution in [0.4, 0.5) is 0 Å². The largest absolute Gasteiger partial charge is 0.396 e. The molecular formula is C18H25N3O2. The first-order valence-corrected chi connectivity index (χ1v) is 8.00. The number of nitrogens with zero attached hydrogens (tertiary/aromatic N) is 2. The maximum absolute atomic E-state index is 12.7. The molecule has 1 aromatic heterocycles. The number of aliphatic hydroxyl groups is 1. The number of carbonyl (C=O) groups excluding carboxylic acids is 1. The van der Waals surface area contributed by atoms with E-state index in [1.807, 2.05) is 36.4 Å². The van der Waals surface area contributed by atoms with Gasteiger partial charge in [-0.15, -0.1) is 0 Å². The Hall–Kier alpha value is -2.14. The first-order valence-electron chi connectivity index (χ1n) is 8.00. The highest BCUT2D eigenvalue weighted by atomic mass is 16.3. The molecule has 0 spiro atoms. The molecule has 23 heavy (non-hydrogen) atoms. The molecule has 2 rings (SSSR count). The molecule has 0 saturated heterocycles. The highest BCUT2D eigenvalue weighted by molar-refractivity contribution is 5.92. The van der Waals surface area contributed by atoms with Crippen molar-refractivity contribution in [1.29, 1.82) is 0 Å². The summed E-state index contributed by atoms with van der Waals surface area (Å²) in [5.41, 5.74) is 2.40. The van der Waals surface area contributed by atoms with E-state index in [0.29, 0.717) is 18.0 Å². The van der Waals surface area contributed by atoms with Gasteiger partial charge in [-0.3, -0.25) is 9.89 Å². The number of carbonyl (C=O) groups is 1. The number of hydrogen-bond donors (Lipinski definition) is 2. The summed E-state index contributed by atoms with van der Waals surface area (Å²) in [6.07, 6.45) is 1.36. The van der Waals surface area contributed by atoms with Gasteiger partial charge in [0.15, 0.2) is 0 Å². The van der Waals surface area contributed by atoms with Gasteiger partial charge in [-0.05, 0) is 30.4 Å². The van der Waals surface area contributed by atoms with Gasteiger partial charge in [0.2, 0.25) is 0 Å². The fourth-order valence-electron chi connectivity index (χ4n) is 2.72. The number of nitrogens with one attached hydrogen (secondary N) is 1. The summed E-state index contributed by atoms with van der Waals surface area (Å²) in [6, 6.07) is 11.4. The average molecular weight is 315 g/mol. The first kappa shape index (κ1) is 17.2. The Morgan fingerprint density at radius 1 is 1.30 bits per heavy atom. The number of aromatic nitrogens is 2. The summed E-state index contributed by atoms with van der Waals surface area (Å²) in [5.74, 6) is 0.362. The number of hydrogen-bond acceptors (Lipinski definition) is 3. The summed E-state index contributed by atoms with van der Waals surface area (Å²) in [5, 5.41) is 16.4. The summed E-state index contributed by atoms with van der Waals surface area (Å²) >= 11 is 0. The van der Waals surface area contributed by atoms with Gasteiger partial charge < -0.3 is 10.0 Å². The second-order valence-corrected chi connectivity index (χ2v) is 6.23. The second-order valence-electron chi connectivity index (χ2n) is 6.23. The van der Waals surface area contributed by atoms with Crippen molar-refractivity contribution >= 4 is 5.91 Å². The number of amides is 1. The minimum absolute atomic E-state index is 0.0242. The van der Waals surface area contributed by atoms with Crippen LogP contribution in [0.2, 0.25) is 0 Å². The molecule has 5 nitrogen and oxygen atoms in total. The highest BCUT2D eigenvalue weighted by Gasteiger charge is 2.24. The van der Waals surface area contributed by atoms with Crippen LogP contribution in [-0.4, -0.2) is 39.8 Å². The smallest absolute Gasteiger partial charge is 0.274 e. The van der Waals surface area contributed by atoms with Gasteiger partial charge in [0.25, 0.3) is 5.91 Å². The van der Waals surface area contributed by atoms with Crippen LogP contribution in [0.3, 0.4) is 0 Å². The predicted octanol–water partition coefficient (Wildman–Crippen LogP) is 2.80. The van der Waals surface area contributed by atoms with Crippen molar-refractivity contribution in [2.75, 3.05) is 13.7 Å². The van der Waals surface area contributed by atoms with E-state index in [0.717, 1.165) is 17.7 Å². The van der Waals surface area contributed by atoms with Crippen molar-refractivity contribution in [2.24, 2.45) is 5.92 Å². The molecular weight excluding hydrogens is 290 g/mol. The van der Waals surface area contributed by atoms with Gasteiger partial charge in [-0.1, -0.05) is 44.2 Å². The standard InChI is InChI=1S/C18H25N3O2/c1-13(2)11-15-12-16(20-19-15)18(23)21(3)17(9-10-22)14-7-5-4-6-8-14/h4-8,12-13,17,22H,9-11H2,1-3H3,(H,19,20). The maximum Gasteiger partial charge on any atom is 0.274 e. The van der Waals surface area contributed by atoms with Crippen molar-refractivity contribution in [3.8, 4) is 0 Å². The number of H-pyrrole nitrogens is 1. The van der Waals surface area contributed by atoms with E-state index < -0.39 is 0 Å². The van der Waals surface area contributed by atoms with E-state index in [1.165, 1.54) is 0 Å². The Bertz CT molecular complexity index is 622. The Balaban J connectivity index is 2.17. The molecule has 0 fully saturated rings. The van der Waals surface area contributed by atoms with Crippen LogP contribution in [-0.2, 0) is 6.42 Å². The maximum atomic E-state index is 12.7. The molecule has 124 valence electrons. The zero-order valence-corrected chi connectivity index (χ0v) is 14.0. The molecule has 0 aliphatic heterocycles. The van der Waals surface area contributed by atoms with E-state index >= 15 is 0 Å². The van der Waals surface area contributed by atoms with Crippen molar-refractivity contribution in [3.05, 3.63) is 53.3 Å². The molecule has 0 aliphatic carbocycles. The zero-order chi connectivity index (χ0) is 16.8. The zero-order valence-electron chi connectivity index (χ0n) is 14.0. The summed E-state index contributed by atoms with van der Waals surface area (Å²) in [4.78, 5) is 14.3. The number of aliphatic hydroxyl groups excluding tert-OH is 1. The van der Waals surface area contributed by atoms with Crippen molar-refractivity contribution in [3.63, 3.8) is 0 Å². The van der Waals surface area contributed by atoms with E-state index in [-0.39, 0.29) is 18.6 Å². The molecule has 0 radical (unpaired) electrons. The molecule has 0 bridgehead atoms. The van der Waals surface area contributed by atoms with E-state index in [2.05, 4.69) is 24.0 Å². The third-order valence-corrected chi connectivity index (χ3v) is 3.85. The number of rotatable bonds is 7. The third kappa shape index (κ3) is 4.42. The molecule has 5 heteroatoms. The van der Waals surface area contributed by atoms with Gasteiger partial charge in [0.1, 0.15) is 5.69 Å². The summed E-state index contributed by atoms with van der Waals surface area (Å²) in [7, 11) is 1.76. The van der Waals surface area contributed by atoms with Crippen LogP contribution >= 0.6 is 0 Å². The van der Waals surface area contributed by atoms with Crippen molar-refractivity contribution < 1.29 is 9.90 Å². The quantitative estimate of drug-likeness (QED) is 0.825. The van der Waals surface area contributed by atoms with Crippen LogP contribution < -0.4 is 0 Å². The normalized spacial score (nSPS) is 12.4. The third-order valence-electron chi connectivity index (χ3n) is 3.85. The Kier molecular flexibility index (Phi) is 5.93. The Morgan fingerprint density at radius 3 is 2.61 bits per heavy atom. The van der Waals surface area contributed by atoms with E-state index in [4.69, 9.17) is 0 Å². The lowest BCUT2D eigenvalue weighted by Crippen LogP contribution is -2.32. The lowest BCUT2D eigenvalue weighted by atomic mass is 10.0. The molecule has 1 heterocycles. The lowest BCUT2D eigenvalue weighted by molar-refractivity contribution is 0.0699. The van der Waals surface area contributed by atoms with Gasteiger partial charge in [-0.2, -0.15) is 5.10 Å². The fourth-order valence-corrected chi connectivity index (χ4v) is 2.72. The van der Waals surface area contributed by atoms with Crippen LogP contribution in [0.5, 0.6) is 0 Å². The van der Waals surface area contributed by atoms with Crippen molar-refractivity contribution in [2.45, 2.75) is 32.7 Å². The molecule has 0 aliphatic rings. The molecule has 1 amide bonds. The Labute approximate surface area is 137 Å². The monoisotopic (exact) mass is 315 g/mol. The van der Waals surface area contributed by atoms with Crippen LogP contribution in [0.15, 0.2) is 36.4 Å². The van der Waals surface area contributed by atoms with Crippen LogP contribution in [0.1, 0.15) is 48.1 Å². The van der Waals surface area contributed by atoms with Gasteiger partial charge in [0, 0.05) is 19.3 Å². The molecule has 0 saturated carbocycles. The van der Waals surface area contributed by atoms with Gasteiger partial charge >= 0.3 is 0 Å². The Morgan fingerprint density at radius 2 is 2.00 bits per heavy atom. The molecule has 1 aromatic carbocycles. The second kappa shape index (κ2) is 7.92. The topological polar surface area (TPSA) is 69.2 Å². The predicted molar refractivity (Wildman–Crippen MR) is 90.1 cm³/mol. The van der Waals surface area contributed by atoms with Crippen LogP contribution in [0.25, 0.3) is 0 Å².